The van der Waals surface area contributed by atoms with E-state index in [2.05, 4.69) is 15.5 Å². The molecule has 0 saturated heterocycles. The van der Waals surface area contributed by atoms with Crippen LogP contribution in [0.25, 0.3) is 11.5 Å². The lowest BCUT2D eigenvalue weighted by Gasteiger charge is -2.04. The van der Waals surface area contributed by atoms with Crippen LogP contribution in [0.1, 0.15) is 16.2 Å². The van der Waals surface area contributed by atoms with Gasteiger partial charge in [0.15, 0.2) is 17.5 Å². The summed E-state index contributed by atoms with van der Waals surface area (Å²) in [6, 6.07) is 5.11. The molecule has 24 heavy (non-hydrogen) atoms. The van der Waals surface area contributed by atoms with E-state index >= 15 is 0 Å². The topological polar surface area (TPSA) is 73.0 Å². The van der Waals surface area contributed by atoms with Gasteiger partial charge in [0.25, 0.3) is 5.91 Å². The van der Waals surface area contributed by atoms with Gasteiger partial charge in [0, 0.05) is 13.2 Å². The van der Waals surface area contributed by atoms with Crippen LogP contribution >= 0.6 is 0 Å². The SMILES string of the molecule is Cn1cccc1-c1noc(CNC(=O)c2ccc(F)c(F)c2F)n1. The molecule has 0 radical (unpaired) electrons. The quantitative estimate of drug-likeness (QED) is 0.743. The first kappa shape index (κ1) is 15.8. The molecule has 1 N–H and O–H groups in total. The summed E-state index contributed by atoms with van der Waals surface area (Å²) >= 11 is 0. The molecule has 0 unspecified atom stereocenters. The van der Waals surface area contributed by atoms with Gasteiger partial charge in [-0.1, -0.05) is 5.16 Å². The van der Waals surface area contributed by atoms with E-state index < -0.39 is 28.9 Å². The van der Waals surface area contributed by atoms with Gasteiger partial charge in [0.1, 0.15) is 0 Å². The molecule has 0 atom stereocenters. The summed E-state index contributed by atoms with van der Waals surface area (Å²) in [6.07, 6.45) is 1.80. The van der Waals surface area contributed by atoms with Crippen LogP contribution in [0.5, 0.6) is 0 Å². The van der Waals surface area contributed by atoms with Crippen molar-refractivity contribution in [3.05, 3.63) is 59.4 Å². The van der Waals surface area contributed by atoms with Gasteiger partial charge in [-0.3, -0.25) is 4.79 Å². The van der Waals surface area contributed by atoms with Gasteiger partial charge in [-0.15, -0.1) is 0 Å². The van der Waals surface area contributed by atoms with E-state index in [0.717, 1.165) is 6.07 Å². The fraction of sp³-hybridized carbons (Fsp3) is 0.133. The molecule has 1 amide bonds. The van der Waals surface area contributed by atoms with Crippen LogP contribution in [-0.4, -0.2) is 20.6 Å². The molecular formula is C15H11F3N4O2. The third-order valence-corrected chi connectivity index (χ3v) is 3.32. The largest absolute Gasteiger partial charge is 0.348 e. The molecule has 0 saturated carbocycles. The zero-order chi connectivity index (χ0) is 17.3. The van der Waals surface area contributed by atoms with Crippen LogP contribution in [0.3, 0.4) is 0 Å². The number of halogens is 3. The van der Waals surface area contributed by atoms with Crippen LogP contribution in [0, 0.1) is 17.5 Å². The molecule has 0 bridgehead atoms. The fourth-order valence-corrected chi connectivity index (χ4v) is 2.08. The van der Waals surface area contributed by atoms with Crippen molar-refractivity contribution in [1.29, 1.82) is 0 Å². The Balaban J connectivity index is 1.70. The van der Waals surface area contributed by atoms with Crippen molar-refractivity contribution in [1.82, 2.24) is 20.0 Å². The van der Waals surface area contributed by atoms with Crippen LogP contribution < -0.4 is 5.32 Å². The number of nitrogens with one attached hydrogen (secondary N) is 1. The molecule has 0 spiro atoms. The minimum atomic E-state index is -1.70. The lowest BCUT2D eigenvalue weighted by atomic mass is 10.2. The molecule has 0 fully saturated rings. The first-order valence-electron chi connectivity index (χ1n) is 6.83. The number of carbonyl (C=O) groups excluding carboxylic acids is 1. The average Bonchev–Trinajstić information content (AvgIpc) is 3.19. The summed E-state index contributed by atoms with van der Waals surface area (Å²) in [5.74, 6) is -5.14. The van der Waals surface area contributed by atoms with E-state index in [9.17, 15) is 18.0 Å². The Morgan fingerprint density at radius 1 is 1.25 bits per heavy atom. The molecule has 2 heterocycles. The Labute approximate surface area is 133 Å². The molecule has 1 aromatic carbocycles. The summed E-state index contributed by atoms with van der Waals surface area (Å²) in [7, 11) is 1.80. The number of aryl methyl sites for hydroxylation is 1. The van der Waals surface area contributed by atoms with Gasteiger partial charge in [-0.2, -0.15) is 4.98 Å². The van der Waals surface area contributed by atoms with E-state index in [4.69, 9.17) is 4.52 Å². The van der Waals surface area contributed by atoms with Gasteiger partial charge in [0.05, 0.1) is 17.8 Å². The number of hydrogen-bond acceptors (Lipinski definition) is 4. The monoisotopic (exact) mass is 336 g/mol. The second-order valence-electron chi connectivity index (χ2n) is 4.92. The molecule has 0 aliphatic rings. The van der Waals surface area contributed by atoms with Gasteiger partial charge in [-0.05, 0) is 24.3 Å². The van der Waals surface area contributed by atoms with Gasteiger partial charge >= 0.3 is 0 Å². The predicted molar refractivity (Wildman–Crippen MR) is 76.2 cm³/mol. The van der Waals surface area contributed by atoms with Crippen molar-refractivity contribution in [2.75, 3.05) is 0 Å². The molecular weight excluding hydrogens is 325 g/mol. The first-order valence-corrected chi connectivity index (χ1v) is 6.83. The van der Waals surface area contributed by atoms with Crippen LogP contribution in [0.15, 0.2) is 35.0 Å². The minimum absolute atomic E-state index is 0.0857. The van der Waals surface area contributed by atoms with Crippen molar-refractivity contribution in [3.8, 4) is 11.5 Å². The van der Waals surface area contributed by atoms with Crippen molar-refractivity contribution >= 4 is 5.91 Å². The van der Waals surface area contributed by atoms with Crippen molar-refractivity contribution in [2.24, 2.45) is 7.05 Å². The third-order valence-electron chi connectivity index (χ3n) is 3.32. The molecule has 6 nitrogen and oxygen atoms in total. The number of benzene rings is 1. The number of rotatable bonds is 4. The van der Waals surface area contributed by atoms with Crippen LogP contribution in [-0.2, 0) is 13.6 Å². The van der Waals surface area contributed by atoms with E-state index in [-0.39, 0.29) is 12.4 Å². The summed E-state index contributed by atoms with van der Waals surface area (Å²) < 4.78 is 46.3. The highest BCUT2D eigenvalue weighted by Gasteiger charge is 2.19. The van der Waals surface area contributed by atoms with Gasteiger partial charge < -0.3 is 14.4 Å². The zero-order valence-corrected chi connectivity index (χ0v) is 12.4. The summed E-state index contributed by atoms with van der Waals surface area (Å²) in [5, 5.41) is 6.08. The highest BCUT2D eigenvalue weighted by Crippen LogP contribution is 2.16. The Kier molecular flexibility index (Phi) is 4.07. The Morgan fingerprint density at radius 3 is 2.75 bits per heavy atom. The molecule has 0 aliphatic carbocycles. The van der Waals surface area contributed by atoms with E-state index in [0.29, 0.717) is 17.6 Å². The lowest BCUT2D eigenvalue weighted by Crippen LogP contribution is -2.24. The zero-order valence-electron chi connectivity index (χ0n) is 12.4. The molecule has 3 aromatic rings. The van der Waals surface area contributed by atoms with Crippen molar-refractivity contribution < 1.29 is 22.5 Å². The van der Waals surface area contributed by atoms with E-state index in [1.807, 2.05) is 0 Å². The second kappa shape index (κ2) is 6.19. The Morgan fingerprint density at radius 2 is 2.04 bits per heavy atom. The number of aromatic nitrogens is 3. The third kappa shape index (κ3) is 2.87. The maximum absolute atomic E-state index is 13.5. The second-order valence-corrected chi connectivity index (χ2v) is 4.92. The van der Waals surface area contributed by atoms with Crippen molar-refractivity contribution in [3.63, 3.8) is 0 Å². The summed E-state index contributed by atoms with van der Waals surface area (Å²) in [5.41, 5.74) is 0.0963. The lowest BCUT2D eigenvalue weighted by molar-refractivity contribution is 0.0941. The molecule has 124 valence electrons. The summed E-state index contributed by atoms with van der Waals surface area (Å²) in [4.78, 5) is 15.9. The van der Waals surface area contributed by atoms with Crippen LogP contribution in [0.4, 0.5) is 13.2 Å². The average molecular weight is 336 g/mol. The number of amides is 1. The molecule has 9 heteroatoms. The smallest absolute Gasteiger partial charge is 0.254 e. The van der Waals surface area contributed by atoms with Crippen molar-refractivity contribution in [2.45, 2.75) is 6.54 Å². The maximum Gasteiger partial charge on any atom is 0.254 e. The minimum Gasteiger partial charge on any atom is -0.348 e. The maximum atomic E-state index is 13.5. The predicted octanol–water partition coefficient (Wildman–Crippen LogP) is 2.42. The number of nitrogens with zero attached hydrogens (tertiary/aromatic N) is 3. The first-order chi connectivity index (χ1) is 11.5. The van der Waals surface area contributed by atoms with E-state index in [1.54, 1.807) is 29.9 Å². The normalized spacial score (nSPS) is 10.8. The standard InChI is InChI=1S/C15H11F3N4O2/c1-22-6-2-3-10(22)14-20-11(24-21-14)7-19-15(23)8-4-5-9(16)13(18)12(8)17/h2-6H,7H2,1H3,(H,19,23). The molecule has 0 aliphatic heterocycles. The van der Waals surface area contributed by atoms with Gasteiger partial charge in [0.2, 0.25) is 11.7 Å². The summed E-state index contributed by atoms with van der Waals surface area (Å²) in [6.45, 7) is -0.186. The van der Waals surface area contributed by atoms with Crippen LogP contribution in [0.2, 0.25) is 0 Å². The number of hydrogen-bond donors (Lipinski definition) is 1. The highest BCUT2D eigenvalue weighted by atomic mass is 19.2. The molecule has 2 aromatic heterocycles. The number of carbonyl (C=O) groups is 1. The fourth-order valence-electron chi connectivity index (χ4n) is 2.08. The van der Waals surface area contributed by atoms with Gasteiger partial charge in [-0.25, -0.2) is 13.2 Å². The highest BCUT2D eigenvalue weighted by molar-refractivity contribution is 5.94. The Bertz CT molecular complexity index is 904. The molecule has 3 rings (SSSR count). The Hall–Kier alpha value is -3.10. The van der Waals surface area contributed by atoms with E-state index in [1.165, 1.54) is 0 Å².